The number of carbonyl (C=O) groups excluding carboxylic acids is 1. The number of benzene rings is 1. The van der Waals surface area contributed by atoms with Crippen molar-refractivity contribution in [3.63, 3.8) is 0 Å². The normalized spacial score (nSPS) is 14.5. The summed E-state index contributed by atoms with van der Waals surface area (Å²) in [6, 6.07) is 10.7. The molecule has 0 bridgehead atoms. The van der Waals surface area contributed by atoms with Crippen LogP contribution in [0.3, 0.4) is 0 Å². The smallest absolute Gasteiger partial charge is 0.164 e. The third-order valence-electron chi connectivity index (χ3n) is 3.98. The molecular weight excluding hydrogens is 234 g/mol. The SMILES string of the molecule is CCc1ccc(Cn2ccc3c2CCCC3=O)cc1. The summed E-state index contributed by atoms with van der Waals surface area (Å²) in [5, 5.41) is 0. The highest BCUT2D eigenvalue weighted by Crippen LogP contribution is 2.23. The molecular formula is C17H19NO. The third-order valence-corrected chi connectivity index (χ3v) is 3.98. The first-order chi connectivity index (χ1) is 9.28. The minimum atomic E-state index is 0.307. The Labute approximate surface area is 114 Å². The monoisotopic (exact) mass is 253 g/mol. The van der Waals surface area contributed by atoms with Crippen LogP contribution >= 0.6 is 0 Å². The molecule has 0 aliphatic heterocycles. The fourth-order valence-electron chi connectivity index (χ4n) is 2.81. The fourth-order valence-corrected chi connectivity index (χ4v) is 2.81. The number of nitrogens with zero attached hydrogens (tertiary/aromatic N) is 1. The van der Waals surface area contributed by atoms with E-state index in [1.807, 2.05) is 6.07 Å². The number of hydrogen-bond donors (Lipinski definition) is 0. The van der Waals surface area contributed by atoms with E-state index in [1.54, 1.807) is 0 Å². The van der Waals surface area contributed by atoms with Crippen molar-refractivity contribution < 1.29 is 4.79 Å². The lowest BCUT2D eigenvalue weighted by Gasteiger charge is -2.15. The van der Waals surface area contributed by atoms with Crippen LogP contribution in [-0.4, -0.2) is 10.4 Å². The maximum absolute atomic E-state index is 11.8. The van der Waals surface area contributed by atoms with Crippen LogP contribution in [0.4, 0.5) is 0 Å². The first-order valence-electron chi connectivity index (χ1n) is 7.07. The zero-order valence-electron chi connectivity index (χ0n) is 11.4. The minimum absolute atomic E-state index is 0.307. The quantitative estimate of drug-likeness (QED) is 0.819. The van der Waals surface area contributed by atoms with E-state index in [2.05, 4.69) is 42.0 Å². The zero-order valence-corrected chi connectivity index (χ0v) is 11.4. The molecule has 2 nitrogen and oxygen atoms in total. The Morgan fingerprint density at radius 2 is 1.79 bits per heavy atom. The van der Waals surface area contributed by atoms with Crippen molar-refractivity contribution in [1.29, 1.82) is 0 Å². The van der Waals surface area contributed by atoms with Crippen molar-refractivity contribution in [1.82, 2.24) is 4.57 Å². The summed E-state index contributed by atoms with van der Waals surface area (Å²) in [5.74, 6) is 0.307. The van der Waals surface area contributed by atoms with E-state index >= 15 is 0 Å². The van der Waals surface area contributed by atoms with Gasteiger partial charge in [-0.05, 0) is 36.5 Å². The molecule has 1 aromatic heterocycles. The number of rotatable bonds is 3. The molecule has 0 radical (unpaired) electrons. The van der Waals surface area contributed by atoms with Gasteiger partial charge in [-0.3, -0.25) is 4.79 Å². The van der Waals surface area contributed by atoms with Crippen molar-refractivity contribution in [2.45, 2.75) is 39.2 Å². The number of aromatic nitrogens is 1. The van der Waals surface area contributed by atoms with E-state index in [0.29, 0.717) is 12.2 Å². The van der Waals surface area contributed by atoms with E-state index in [0.717, 1.165) is 31.4 Å². The van der Waals surface area contributed by atoms with E-state index in [4.69, 9.17) is 0 Å². The Morgan fingerprint density at radius 1 is 1.05 bits per heavy atom. The average molecular weight is 253 g/mol. The van der Waals surface area contributed by atoms with Gasteiger partial charge in [-0.1, -0.05) is 31.2 Å². The maximum Gasteiger partial charge on any atom is 0.164 e. The maximum atomic E-state index is 11.8. The molecule has 0 spiro atoms. The first-order valence-corrected chi connectivity index (χ1v) is 7.07. The number of fused-ring (bicyclic) bond motifs is 1. The van der Waals surface area contributed by atoms with Gasteiger partial charge in [0.25, 0.3) is 0 Å². The predicted molar refractivity (Wildman–Crippen MR) is 76.6 cm³/mol. The van der Waals surface area contributed by atoms with Crippen molar-refractivity contribution in [3.8, 4) is 0 Å². The summed E-state index contributed by atoms with van der Waals surface area (Å²) in [6.07, 6.45) is 5.86. The Morgan fingerprint density at radius 3 is 2.53 bits per heavy atom. The Balaban J connectivity index is 1.85. The summed E-state index contributed by atoms with van der Waals surface area (Å²) in [7, 11) is 0. The van der Waals surface area contributed by atoms with Crippen molar-refractivity contribution in [3.05, 3.63) is 58.9 Å². The molecule has 98 valence electrons. The van der Waals surface area contributed by atoms with Crippen LogP contribution in [0.1, 0.15) is 46.9 Å². The Hall–Kier alpha value is -1.83. The minimum Gasteiger partial charge on any atom is -0.346 e. The molecule has 1 aromatic carbocycles. The van der Waals surface area contributed by atoms with Gasteiger partial charge in [-0.2, -0.15) is 0 Å². The van der Waals surface area contributed by atoms with E-state index in [9.17, 15) is 4.79 Å². The second kappa shape index (κ2) is 5.04. The molecule has 2 aromatic rings. The lowest BCUT2D eigenvalue weighted by atomic mass is 9.97. The van der Waals surface area contributed by atoms with Gasteiger partial charge in [-0.15, -0.1) is 0 Å². The highest BCUT2D eigenvalue weighted by molar-refractivity contribution is 5.98. The molecule has 1 aliphatic rings. The number of hydrogen-bond acceptors (Lipinski definition) is 1. The van der Waals surface area contributed by atoms with Crippen LogP contribution in [0.25, 0.3) is 0 Å². The molecule has 0 atom stereocenters. The molecule has 1 aliphatic carbocycles. The van der Waals surface area contributed by atoms with Gasteiger partial charge in [0.05, 0.1) is 0 Å². The van der Waals surface area contributed by atoms with Crippen LogP contribution in [0.5, 0.6) is 0 Å². The standard InChI is InChI=1S/C17H19NO/c1-2-13-6-8-14(9-7-13)12-18-11-10-15-16(18)4-3-5-17(15)19/h6-11H,2-5,12H2,1H3. The molecule has 1 heterocycles. The van der Waals surface area contributed by atoms with Crippen molar-refractivity contribution in [2.75, 3.05) is 0 Å². The lowest BCUT2D eigenvalue weighted by molar-refractivity contribution is 0.0972. The highest BCUT2D eigenvalue weighted by atomic mass is 16.1. The predicted octanol–water partition coefficient (Wildman–Crippen LogP) is 3.62. The molecule has 0 unspecified atom stereocenters. The molecule has 2 heteroatoms. The Bertz CT molecular complexity index is 592. The van der Waals surface area contributed by atoms with Gasteiger partial charge >= 0.3 is 0 Å². The van der Waals surface area contributed by atoms with Crippen molar-refractivity contribution >= 4 is 5.78 Å². The van der Waals surface area contributed by atoms with Gasteiger partial charge in [0.1, 0.15) is 0 Å². The Kier molecular flexibility index (Phi) is 3.24. The summed E-state index contributed by atoms with van der Waals surface area (Å²) in [5.41, 5.74) is 4.83. The zero-order chi connectivity index (χ0) is 13.2. The van der Waals surface area contributed by atoms with Crippen LogP contribution in [0.2, 0.25) is 0 Å². The molecule has 19 heavy (non-hydrogen) atoms. The third kappa shape index (κ3) is 2.35. The molecule has 0 fully saturated rings. The summed E-state index contributed by atoms with van der Waals surface area (Å²) in [4.78, 5) is 11.8. The number of aryl methyl sites for hydroxylation is 1. The second-order valence-corrected chi connectivity index (χ2v) is 5.25. The van der Waals surface area contributed by atoms with Crippen LogP contribution < -0.4 is 0 Å². The molecule has 0 saturated carbocycles. The largest absolute Gasteiger partial charge is 0.346 e. The molecule has 0 N–H and O–H groups in total. The van der Waals surface area contributed by atoms with Gasteiger partial charge in [-0.25, -0.2) is 0 Å². The van der Waals surface area contributed by atoms with Gasteiger partial charge in [0, 0.05) is 30.4 Å². The van der Waals surface area contributed by atoms with Crippen LogP contribution in [0.15, 0.2) is 36.5 Å². The summed E-state index contributed by atoms with van der Waals surface area (Å²) >= 11 is 0. The van der Waals surface area contributed by atoms with E-state index < -0.39 is 0 Å². The first kappa shape index (κ1) is 12.2. The summed E-state index contributed by atoms with van der Waals surface area (Å²) < 4.78 is 2.23. The number of ketones is 1. The fraction of sp³-hybridized carbons (Fsp3) is 0.353. The molecule has 0 saturated heterocycles. The van der Waals surface area contributed by atoms with E-state index in [-0.39, 0.29) is 0 Å². The summed E-state index contributed by atoms with van der Waals surface area (Å²) in [6.45, 7) is 3.04. The highest BCUT2D eigenvalue weighted by Gasteiger charge is 2.20. The number of Topliss-reactive ketones (excluding diaryl/α,β-unsaturated/α-hetero) is 1. The number of carbonyl (C=O) groups is 1. The van der Waals surface area contributed by atoms with Gasteiger partial charge in [0.2, 0.25) is 0 Å². The lowest BCUT2D eigenvalue weighted by Crippen LogP contribution is -2.13. The topological polar surface area (TPSA) is 22.0 Å². The second-order valence-electron chi connectivity index (χ2n) is 5.25. The van der Waals surface area contributed by atoms with Crippen LogP contribution in [-0.2, 0) is 19.4 Å². The van der Waals surface area contributed by atoms with Crippen LogP contribution in [0, 0.1) is 0 Å². The van der Waals surface area contributed by atoms with Gasteiger partial charge < -0.3 is 4.57 Å². The van der Waals surface area contributed by atoms with Crippen molar-refractivity contribution in [2.24, 2.45) is 0 Å². The average Bonchev–Trinajstić information content (AvgIpc) is 2.84. The van der Waals surface area contributed by atoms with E-state index in [1.165, 1.54) is 16.8 Å². The molecule has 0 amide bonds. The molecule has 3 rings (SSSR count). The van der Waals surface area contributed by atoms with Gasteiger partial charge in [0.15, 0.2) is 5.78 Å².